The van der Waals surface area contributed by atoms with Gasteiger partial charge in [0.15, 0.2) is 11.6 Å². The van der Waals surface area contributed by atoms with Crippen LogP contribution in [0.2, 0.25) is 0 Å². The van der Waals surface area contributed by atoms with E-state index in [9.17, 15) is 19.1 Å². The van der Waals surface area contributed by atoms with Crippen molar-refractivity contribution in [2.24, 2.45) is 35.5 Å². The van der Waals surface area contributed by atoms with Crippen LogP contribution in [-0.4, -0.2) is 17.7 Å². The fourth-order valence-corrected chi connectivity index (χ4v) is 7.28. The van der Waals surface area contributed by atoms with E-state index in [2.05, 4.69) is 0 Å². The molecule has 5 nitrogen and oxygen atoms in total. The second-order valence-corrected chi connectivity index (χ2v) is 9.10. The van der Waals surface area contributed by atoms with Crippen molar-refractivity contribution < 1.29 is 28.6 Å². The molecule has 0 heterocycles. The van der Waals surface area contributed by atoms with E-state index in [0.29, 0.717) is 24.2 Å². The Balaban J connectivity index is 1.34. The Morgan fingerprint density at radius 2 is 1.93 bits per heavy atom. The maximum atomic E-state index is 14.0. The Kier molecular flexibility index (Phi) is 3.97. The molecule has 0 radical (unpaired) electrons. The minimum Gasteiger partial charge on any atom is -0.545 e. The molecule has 4 bridgehead atoms. The predicted molar refractivity (Wildman–Crippen MR) is 94.9 cm³/mol. The van der Waals surface area contributed by atoms with Gasteiger partial charge in [-0.1, -0.05) is 6.92 Å². The monoisotopic (exact) mass is 387 g/mol. The smallest absolute Gasteiger partial charge is 0.514 e. The van der Waals surface area contributed by atoms with Crippen LogP contribution in [0.5, 0.6) is 5.75 Å². The molecule has 6 heteroatoms. The van der Waals surface area contributed by atoms with Crippen molar-refractivity contribution in [3.05, 3.63) is 29.6 Å². The summed E-state index contributed by atoms with van der Waals surface area (Å²) in [6.45, 7) is 2.04. The Morgan fingerprint density at radius 3 is 2.64 bits per heavy atom. The summed E-state index contributed by atoms with van der Waals surface area (Å²) in [5.74, 6) is 1.29. The maximum Gasteiger partial charge on any atom is 0.514 e. The highest BCUT2D eigenvalue weighted by Crippen LogP contribution is 2.70. The number of hydrogen-bond acceptors (Lipinski definition) is 5. The molecule has 1 aromatic rings. The van der Waals surface area contributed by atoms with Gasteiger partial charge in [-0.2, -0.15) is 0 Å². The largest absolute Gasteiger partial charge is 0.545 e. The summed E-state index contributed by atoms with van der Waals surface area (Å²) in [5.41, 5.74) is -0.797. The number of carboxylic acids is 1. The van der Waals surface area contributed by atoms with Gasteiger partial charge in [0, 0.05) is 11.5 Å². The van der Waals surface area contributed by atoms with Crippen molar-refractivity contribution in [1.29, 1.82) is 0 Å². The van der Waals surface area contributed by atoms with Crippen LogP contribution in [0.25, 0.3) is 0 Å². The molecule has 1 aromatic carbocycles. The van der Waals surface area contributed by atoms with Gasteiger partial charge in [-0.25, -0.2) is 9.18 Å². The zero-order valence-corrected chi connectivity index (χ0v) is 15.9. The highest BCUT2D eigenvalue weighted by atomic mass is 19.1. The molecule has 4 saturated carbocycles. The summed E-state index contributed by atoms with van der Waals surface area (Å²) in [4.78, 5) is 23.5. The van der Waals surface area contributed by atoms with Gasteiger partial charge in [-0.05, 0) is 86.3 Å². The van der Waals surface area contributed by atoms with Crippen molar-refractivity contribution in [2.45, 2.75) is 51.0 Å². The van der Waals surface area contributed by atoms with E-state index < -0.39 is 29.3 Å². The third-order valence-corrected chi connectivity index (χ3v) is 8.14. The number of aromatic carboxylic acids is 1. The second kappa shape index (κ2) is 6.19. The molecule has 7 unspecified atom stereocenters. The Morgan fingerprint density at radius 1 is 1.18 bits per heavy atom. The van der Waals surface area contributed by atoms with Crippen molar-refractivity contribution in [3.63, 3.8) is 0 Å². The van der Waals surface area contributed by atoms with Crippen molar-refractivity contribution >= 4 is 12.1 Å². The van der Waals surface area contributed by atoms with Gasteiger partial charge < -0.3 is 19.4 Å². The van der Waals surface area contributed by atoms with Gasteiger partial charge >= 0.3 is 6.16 Å². The number of carboxylic acid groups (broad SMARTS) is 1. The summed E-state index contributed by atoms with van der Waals surface area (Å²) in [6.07, 6.45) is 5.70. The minimum absolute atomic E-state index is 0.251. The Hall–Kier alpha value is -2.11. The van der Waals surface area contributed by atoms with E-state index in [1.165, 1.54) is 19.3 Å². The number of hydrogen-bond donors (Lipinski definition) is 0. The van der Waals surface area contributed by atoms with E-state index in [4.69, 9.17) is 9.47 Å². The average Bonchev–Trinajstić information content (AvgIpc) is 3.41. The third-order valence-electron chi connectivity index (χ3n) is 8.14. The molecule has 4 aliphatic rings. The van der Waals surface area contributed by atoms with Crippen LogP contribution in [0.4, 0.5) is 9.18 Å². The van der Waals surface area contributed by atoms with Crippen LogP contribution in [-0.2, 0) is 4.74 Å². The molecule has 0 N–H and O–H groups in total. The van der Waals surface area contributed by atoms with Gasteiger partial charge in [0.05, 0.1) is 5.97 Å². The zero-order valence-electron chi connectivity index (χ0n) is 15.9. The number of carbonyl (C=O) groups excluding carboxylic acids is 2. The molecule has 150 valence electrons. The molecule has 0 aliphatic heterocycles. The Labute approximate surface area is 163 Å². The highest BCUT2D eigenvalue weighted by Gasteiger charge is 2.67. The molecule has 0 amide bonds. The summed E-state index contributed by atoms with van der Waals surface area (Å²) in [6, 6.07) is 2.97. The topological polar surface area (TPSA) is 75.7 Å². The lowest BCUT2D eigenvalue weighted by Gasteiger charge is -2.45. The molecule has 28 heavy (non-hydrogen) atoms. The number of ether oxygens (including phenoxy) is 2. The van der Waals surface area contributed by atoms with Crippen LogP contribution >= 0.6 is 0 Å². The SMILES string of the molecule is CCC1(OC(=O)Oc2cc(C(=O)[O-])ccc2F)CC2CC1C1C3CCC(C3)C21. The van der Waals surface area contributed by atoms with Crippen molar-refractivity contribution in [3.8, 4) is 5.75 Å². The van der Waals surface area contributed by atoms with Crippen LogP contribution in [0.15, 0.2) is 18.2 Å². The van der Waals surface area contributed by atoms with Gasteiger partial charge in [0.2, 0.25) is 0 Å². The Bertz CT molecular complexity index is 838. The first kappa shape index (κ1) is 18.0. The van der Waals surface area contributed by atoms with E-state index >= 15 is 0 Å². The van der Waals surface area contributed by atoms with Gasteiger partial charge in [0.25, 0.3) is 0 Å². The molecular formula is C22H24FO5-. The van der Waals surface area contributed by atoms with Crippen molar-refractivity contribution in [1.82, 2.24) is 0 Å². The summed E-state index contributed by atoms with van der Waals surface area (Å²) < 4.78 is 24.9. The summed E-state index contributed by atoms with van der Waals surface area (Å²) in [7, 11) is 0. The molecule has 4 aliphatic carbocycles. The lowest BCUT2D eigenvalue weighted by Crippen LogP contribution is -2.47. The fraction of sp³-hybridized carbons (Fsp3) is 0.636. The molecule has 0 aromatic heterocycles. The molecular weight excluding hydrogens is 363 g/mol. The molecule has 4 fully saturated rings. The second-order valence-electron chi connectivity index (χ2n) is 9.10. The highest BCUT2D eigenvalue weighted by molar-refractivity contribution is 5.86. The van der Waals surface area contributed by atoms with Gasteiger partial charge in [0.1, 0.15) is 5.60 Å². The lowest BCUT2D eigenvalue weighted by atomic mass is 9.65. The zero-order chi connectivity index (χ0) is 19.6. The summed E-state index contributed by atoms with van der Waals surface area (Å²) in [5, 5.41) is 11.0. The standard InChI is InChI=1S/C22H25FO5/c1-2-22(10-14-8-15(22)19-12-4-3-11(7-12)18(14)19)28-21(26)27-17-9-13(20(24)25)5-6-16(17)23/h5-6,9,11-12,14-15,18-19H,2-4,7-8,10H2,1H3,(H,24,25)/p-1. The van der Waals surface area contributed by atoms with Crippen LogP contribution < -0.4 is 9.84 Å². The predicted octanol–water partition coefficient (Wildman–Crippen LogP) is 3.56. The minimum atomic E-state index is -1.46. The summed E-state index contributed by atoms with van der Waals surface area (Å²) >= 11 is 0. The van der Waals surface area contributed by atoms with Crippen molar-refractivity contribution in [2.75, 3.05) is 0 Å². The van der Waals surface area contributed by atoms with Crippen LogP contribution in [0, 0.1) is 41.3 Å². The molecule has 0 saturated heterocycles. The maximum absolute atomic E-state index is 14.0. The normalized spacial score (nSPS) is 39.8. The molecule has 5 rings (SSSR count). The first-order valence-corrected chi connectivity index (χ1v) is 10.3. The number of halogens is 1. The van der Waals surface area contributed by atoms with Crippen LogP contribution in [0.1, 0.15) is 55.8 Å². The molecule has 0 spiro atoms. The lowest BCUT2D eigenvalue weighted by molar-refractivity contribution is -0.255. The number of benzene rings is 1. The first-order valence-electron chi connectivity index (χ1n) is 10.3. The van der Waals surface area contributed by atoms with E-state index in [1.54, 1.807) is 0 Å². The van der Waals surface area contributed by atoms with Gasteiger partial charge in [-0.15, -0.1) is 0 Å². The average molecular weight is 387 g/mol. The van der Waals surface area contributed by atoms with E-state index in [1.807, 2.05) is 6.92 Å². The third kappa shape index (κ3) is 2.49. The number of fused-ring (bicyclic) bond motifs is 9. The number of carbonyl (C=O) groups is 2. The quantitative estimate of drug-likeness (QED) is 0.449. The fourth-order valence-electron chi connectivity index (χ4n) is 7.28. The first-order chi connectivity index (χ1) is 13.4. The van der Waals surface area contributed by atoms with Gasteiger partial charge in [-0.3, -0.25) is 0 Å². The molecule has 7 atom stereocenters. The van der Waals surface area contributed by atoms with E-state index in [0.717, 1.165) is 48.8 Å². The van der Waals surface area contributed by atoms with E-state index in [-0.39, 0.29) is 5.56 Å². The van der Waals surface area contributed by atoms with Crippen LogP contribution in [0.3, 0.4) is 0 Å². The number of rotatable bonds is 4.